The normalized spacial score (nSPS) is 19.1. The number of nitrogens with one attached hydrogen (secondary N) is 6. The number of nitrogens with zero attached hydrogens (tertiary/aromatic N) is 1. The summed E-state index contributed by atoms with van der Waals surface area (Å²) in [6.45, 7) is 28.5. The van der Waals surface area contributed by atoms with Crippen molar-refractivity contribution >= 4 is 87.2 Å². The van der Waals surface area contributed by atoms with Gasteiger partial charge >= 0.3 is 6.09 Å². The highest BCUT2D eigenvalue weighted by molar-refractivity contribution is 6.74. The Morgan fingerprint density at radius 2 is 1.09 bits per heavy atom. The van der Waals surface area contributed by atoms with E-state index >= 15 is 33.6 Å². The van der Waals surface area contributed by atoms with Crippen molar-refractivity contribution in [2.24, 2.45) is 11.8 Å². The molecule has 5 aliphatic heterocycles. The first-order valence-corrected chi connectivity index (χ1v) is 48.7. The predicted octanol–water partition coefficient (Wildman–Crippen LogP) is 17.7. The van der Waals surface area contributed by atoms with Crippen LogP contribution >= 0.6 is 23.2 Å². The Labute approximate surface area is 754 Å². The third kappa shape index (κ3) is 22.9. The molecule has 0 radical (unpaired) electrons. The van der Waals surface area contributed by atoms with Gasteiger partial charge in [-0.25, -0.2) is 4.79 Å². The summed E-state index contributed by atoms with van der Waals surface area (Å²) in [5.74, 6) is -8.41. The molecule has 0 aromatic heterocycles. The number of benzene rings is 8. The highest BCUT2D eigenvalue weighted by Gasteiger charge is 2.49. The molecule has 9 atom stereocenters. The van der Waals surface area contributed by atoms with Crippen molar-refractivity contribution < 1.29 is 94.9 Å². The second-order valence-electron chi connectivity index (χ2n) is 36.6. The molecule has 5 aliphatic rings. The first-order valence-electron chi connectivity index (χ1n) is 42.1. The van der Waals surface area contributed by atoms with E-state index in [0.717, 1.165) is 10.5 Å². The standard InChI is InChI=1S/C96H117Cl2N7O20Si2/c1-53(2)41-71(105(12)93(114)123-94(3,4)5)90(111)104-84-87(125-127(20,21)96(9,10)11)59-33-40-75(68(98)44-59)122-78-46-60-45-77(85(78)108)121-74-39-32-58(43-67(74)97)86(124-126(18,19)95(6,7)8)66-49-72(106)82(57-31-38-73(118-16)65(42-57)80-64(47-63(117-15)48-76(80)119-17)70(100-88(66)109)52-120-51-54-25-23-22-24-26-54)102-91(112)83(60)103-89(110)69(99-92(84)113)50-79(107)101-81(55-27-34-61(115-13)35-28-55)56-29-36-62(116-14)37-30-56/h22-40,42-48,53,66,69-71,81-84,86-87,108H,41,49-52H2,1-21H3,(H,99,113)(H,100,109)(H,101,107)(H,102,112)(H,103,110)(H,104,111)/t66-,69-,70+,71?,82+,83+,84+,86-,87+/m0/s1. The molecule has 8 aromatic carbocycles. The zero-order valence-electron chi connectivity index (χ0n) is 75.8. The van der Waals surface area contributed by atoms with E-state index in [1.165, 1.54) is 79.0 Å². The van der Waals surface area contributed by atoms with Crippen molar-refractivity contribution in [3.8, 4) is 68.6 Å². The number of phenolic OH excluding ortho intramolecular Hbond substituents is 1. The van der Waals surface area contributed by atoms with Gasteiger partial charge in [0.05, 0.1) is 95.4 Å². The molecule has 31 heteroatoms. The Hall–Kier alpha value is -11.2. The summed E-state index contributed by atoms with van der Waals surface area (Å²) in [6.07, 6.45) is -5.28. The summed E-state index contributed by atoms with van der Waals surface area (Å²) in [5.41, 5.74) is 2.39. The van der Waals surface area contributed by atoms with Crippen molar-refractivity contribution in [3.63, 3.8) is 0 Å². The molecule has 678 valence electrons. The van der Waals surface area contributed by atoms with Gasteiger partial charge < -0.3 is 88.5 Å². The summed E-state index contributed by atoms with van der Waals surface area (Å²) in [4.78, 5) is 131. The fraction of sp³-hybridized carbons (Fsp3) is 0.417. The number of likely N-dealkylation sites (N-methyl/N-ethyl adjacent to an activating group) is 1. The molecule has 5 heterocycles. The number of carbonyl (C=O) groups excluding carboxylic acids is 8. The first kappa shape index (κ1) is 96.4. The molecular formula is C96H117Cl2N7O20Si2. The van der Waals surface area contributed by atoms with Gasteiger partial charge in [-0.3, -0.25) is 38.5 Å². The number of methoxy groups -OCH3 is 5. The molecule has 0 spiro atoms. The van der Waals surface area contributed by atoms with Crippen LogP contribution in [0.15, 0.2) is 158 Å². The van der Waals surface area contributed by atoms with Crippen molar-refractivity contribution in [2.75, 3.05) is 49.2 Å². The maximum atomic E-state index is 17.0. The molecule has 27 nitrogen and oxygen atoms in total. The number of ketones is 1. The van der Waals surface area contributed by atoms with E-state index in [4.69, 9.17) is 74.7 Å². The van der Waals surface area contributed by atoms with Gasteiger partial charge in [0.2, 0.25) is 41.2 Å². The van der Waals surface area contributed by atoms with E-state index < -0.39 is 170 Å². The number of hydrogen-bond acceptors (Lipinski definition) is 20. The predicted molar refractivity (Wildman–Crippen MR) is 488 cm³/mol. The Balaban J connectivity index is 1.18. The Morgan fingerprint density at radius 1 is 0.559 bits per heavy atom. The van der Waals surface area contributed by atoms with Gasteiger partial charge in [0.15, 0.2) is 33.9 Å². The topological polar surface area (TPSA) is 334 Å². The zero-order chi connectivity index (χ0) is 92.7. The van der Waals surface area contributed by atoms with E-state index in [0.29, 0.717) is 50.6 Å². The summed E-state index contributed by atoms with van der Waals surface area (Å²) in [5, 5.41) is 29.6. The molecule has 0 aliphatic carbocycles. The minimum absolute atomic E-state index is 0.0391. The summed E-state index contributed by atoms with van der Waals surface area (Å²) >= 11 is 15.0. The number of ether oxygens (including phenoxy) is 9. The molecule has 127 heavy (non-hydrogen) atoms. The molecule has 0 fully saturated rings. The van der Waals surface area contributed by atoms with Crippen LogP contribution in [0.25, 0.3) is 11.1 Å². The number of amides is 7. The van der Waals surface area contributed by atoms with Crippen molar-refractivity contribution in [2.45, 2.75) is 198 Å². The zero-order valence-corrected chi connectivity index (χ0v) is 79.3. The lowest BCUT2D eigenvalue weighted by atomic mass is 9.84. The molecular weight excluding hydrogens is 1700 g/mol. The maximum absolute atomic E-state index is 17.0. The van der Waals surface area contributed by atoms with E-state index in [2.05, 4.69) is 31.9 Å². The van der Waals surface area contributed by atoms with E-state index in [1.54, 1.807) is 112 Å². The lowest BCUT2D eigenvalue weighted by molar-refractivity contribution is -0.138. The molecule has 8 aromatic rings. The number of phenols is 1. The number of aromatic hydroxyl groups is 1. The molecule has 7 N–H and O–H groups in total. The fourth-order valence-electron chi connectivity index (χ4n) is 14.8. The molecule has 7 amide bonds. The van der Waals surface area contributed by atoms with Gasteiger partial charge in [-0.1, -0.05) is 151 Å². The Morgan fingerprint density at radius 3 is 1.61 bits per heavy atom. The van der Waals surface area contributed by atoms with Gasteiger partial charge in [0.25, 0.3) is 0 Å². The number of halogens is 2. The SMILES string of the molecule is COc1ccc(C(NC(=O)C[C@@H]2NC(=O)[C@H](NC(=O)C(CC(C)C)N(C)C(=O)OC(C)(C)C)[C@H](O[Si](C)(C)C(C)(C)C)c3ccc(c(Cl)c3)Oc3cc4cc(c3O)Oc3ccc(cc3Cl)[C@H](O[Si](C)(C)C(C)(C)C)[C@@H]3CC(=O)[C@H](NC(=O)[C@@H]4NC2=O)c2ccc(OC)c(c2)-c2c(OC)cc(OC)cc2[C@@H](COCc2ccccc2)NC3=O)c2ccc(OC)cc2)cc1. The number of hydrogen-bond donors (Lipinski definition) is 7. The van der Waals surface area contributed by atoms with E-state index in [9.17, 15) is 9.90 Å². The van der Waals surface area contributed by atoms with Gasteiger partial charge in [0.1, 0.15) is 76.1 Å². The van der Waals surface area contributed by atoms with Gasteiger partial charge in [-0.2, -0.15) is 0 Å². The largest absolute Gasteiger partial charge is 0.502 e. The van der Waals surface area contributed by atoms with Gasteiger partial charge in [0, 0.05) is 30.7 Å². The van der Waals surface area contributed by atoms with Crippen LogP contribution in [0.5, 0.6) is 57.5 Å². The highest BCUT2D eigenvalue weighted by atomic mass is 35.5. The third-order valence-corrected chi connectivity index (χ3v) is 33.4. The summed E-state index contributed by atoms with van der Waals surface area (Å²) in [6, 6.07) is 31.8. The van der Waals surface area contributed by atoms with Gasteiger partial charge in [-0.15, -0.1) is 0 Å². The lowest BCUT2D eigenvalue weighted by Gasteiger charge is -2.42. The summed E-state index contributed by atoms with van der Waals surface area (Å²) in [7, 11) is 2.48. The Bertz CT molecular complexity index is 5320. The average molecular weight is 1820 g/mol. The van der Waals surface area contributed by atoms with Crippen LogP contribution in [-0.4, -0.2) is 147 Å². The number of rotatable bonds is 23. The summed E-state index contributed by atoms with van der Waals surface area (Å²) < 4.78 is 70.2. The second-order valence-corrected chi connectivity index (χ2v) is 46.9. The van der Waals surface area contributed by atoms with Crippen LogP contribution in [-0.2, 0) is 58.5 Å². The Kier molecular flexibility index (Phi) is 30.4. The monoisotopic (exact) mass is 1810 g/mol. The molecule has 0 saturated carbocycles. The molecule has 13 rings (SSSR count). The molecule has 1 unspecified atom stereocenters. The van der Waals surface area contributed by atoms with Crippen LogP contribution in [0, 0.1) is 11.8 Å². The first-order chi connectivity index (χ1) is 59.8. The second kappa shape index (κ2) is 40.0. The number of fused-ring (bicyclic) bond motifs is 15. The molecule has 11 bridgehead atoms. The number of carbonyl (C=O) groups is 8. The minimum atomic E-state index is -3.23. The minimum Gasteiger partial charge on any atom is -0.502 e. The quantitative estimate of drug-likeness (QED) is 0.0293. The fourth-order valence-corrected chi connectivity index (χ4v) is 17.8. The van der Waals surface area contributed by atoms with E-state index in [1.807, 2.05) is 112 Å². The smallest absolute Gasteiger partial charge is 0.410 e. The van der Waals surface area contributed by atoms with Crippen LogP contribution < -0.4 is 65.1 Å². The average Bonchev–Trinajstić information content (AvgIpc) is 0.759. The molecule has 0 saturated heterocycles. The van der Waals surface area contributed by atoms with Crippen molar-refractivity contribution in [1.82, 2.24) is 36.8 Å². The van der Waals surface area contributed by atoms with Crippen LogP contribution in [0.4, 0.5) is 4.79 Å². The van der Waals surface area contributed by atoms with Crippen molar-refractivity contribution in [1.29, 1.82) is 0 Å². The highest BCUT2D eigenvalue weighted by Crippen LogP contribution is 2.52. The van der Waals surface area contributed by atoms with Crippen LogP contribution in [0.2, 0.25) is 46.3 Å². The van der Waals surface area contributed by atoms with Crippen molar-refractivity contribution in [3.05, 3.63) is 212 Å². The van der Waals surface area contributed by atoms with Gasteiger partial charge in [-0.05, 0) is 193 Å². The lowest BCUT2D eigenvalue weighted by Crippen LogP contribution is -2.61. The maximum Gasteiger partial charge on any atom is 0.410 e. The van der Waals surface area contributed by atoms with Crippen LogP contribution in [0.1, 0.15) is 176 Å². The third-order valence-electron chi connectivity index (χ3n) is 23.9. The van der Waals surface area contributed by atoms with Crippen LogP contribution in [0.3, 0.4) is 0 Å². The van der Waals surface area contributed by atoms with E-state index in [-0.39, 0.29) is 75.3 Å². The number of Topliss-reactive ketones (excluding diaryl/α,β-unsaturated/α-hetero) is 1.